The van der Waals surface area contributed by atoms with Crippen molar-refractivity contribution in [2.45, 2.75) is 39.3 Å². The summed E-state index contributed by atoms with van der Waals surface area (Å²) in [6.45, 7) is 6.00. The number of phenolic OH excluding ortho intramolecular Hbond substituents is 1. The maximum atomic E-state index is 12.4. The van der Waals surface area contributed by atoms with Crippen LogP contribution < -0.4 is 10.6 Å². The molecule has 3 aromatic rings. The van der Waals surface area contributed by atoms with Gasteiger partial charge in [0.05, 0.1) is 0 Å². The van der Waals surface area contributed by atoms with Gasteiger partial charge in [-0.05, 0) is 53.6 Å². The molecule has 6 heteroatoms. The summed E-state index contributed by atoms with van der Waals surface area (Å²) in [5.41, 5.74) is 2.36. The standard InChI is InChI=1S/C22H25N3O2S.C2H6/c1-25(9-8-20-12-16-4-2-3-5-21(16)28-20)22(27)24-14-18-10-15-6-7-19(26)11-17(15)13-23-18;1-2/h2-7,11-12,18,23,26H,8-10,13-14H2,1H3,(H,24,27);1-2H3/t18-;/m0./s1. The van der Waals surface area contributed by atoms with Gasteiger partial charge < -0.3 is 20.6 Å². The van der Waals surface area contributed by atoms with Crippen molar-refractivity contribution < 1.29 is 9.90 Å². The first-order valence-electron chi connectivity index (χ1n) is 10.6. The molecule has 2 amide bonds. The molecule has 0 aliphatic carbocycles. The topological polar surface area (TPSA) is 64.6 Å². The average molecular weight is 426 g/mol. The predicted molar refractivity (Wildman–Crippen MR) is 125 cm³/mol. The summed E-state index contributed by atoms with van der Waals surface area (Å²) in [7, 11) is 1.84. The number of aromatic hydroxyl groups is 1. The van der Waals surface area contributed by atoms with Gasteiger partial charge in [0.2, 0.25) is 0 Å². The first-order chi connectivity index (χ1) is 14.6. The zero-order chi connectivity index (χ0) is 21.5. The molecule has 1 atom stereocenters. The van der Waals surface area contributed by atoms with Crippen LogP contribution in [0.3, 0.4) is 0 Å². The third-order valence-corrected chi connectivity index (χ3v) is 6.43. The van der Waals surface area contributed by atoms with E-state index in [1.807, 2.05) is 27.0 Å². The van der Waals surface area contributed by atoms with Crippen molar-refractivity contribution in [1.82, 2.24) is 15.5 Å². The van der Waals surface area contributed by atoms with Crippen LogP contribution in [0, 0.1) is 0 Å². The number of hydrogen-bond acceptors (Lipinski definition) is 4. The number of benzene rings is 2. The second-order valence-electron chi connectivity index (χ2n) is 7.34. The Hall–Kier alpha value is -2.57. The first-order valence-corrected chi connectivity index (χ1v) is 11.4. The van der Waals surface area contributed by atoms with Gasteiger partial charge in [0.15, 0.2) is 0 Å². The molecule has 1 aliphatic rings. The van der Waals surface area contributed by atoms with Crippen molar-refractivity contribution in [3.8, 4) is 5.75 Å². The molecular weight excluding hydrogens is 394 g/mol. The van der Waals surface area contributed by atoms with Gasteiger partial charge >= 0.3 is 6.03 Å². The normalized spacial score (nSPS) is 15.1. The number of fused-ring (bicyclic) bond motifs is 2. The molecule has 0 saturated heterocycles. The maximum absolute atomic E-state index is 12.4. The van der Waals surface area contributed by atoms with Gasteiger partial charge in [0.25, 0.3) is 0 Å². The van der Waals surface area contributed by atoms with E-state index in [-0.39, 0.29) is 12.1 Å². The van der Waals surface area contributed by atoms with Crippen LogP contribution in [0.1, 0.15) is 29.9 Å². The quantitative estimate of drug-likeness (QED) is 0.563. The van der Waals surface area contributed by atoms with E-state index in [0.717, 1.165) is 18.4 Å². The second-order valence-corrected chi connectivity index (χ2v) is 8.51. The summed E-state index contributed by atoms with van der Waals surface area (Å²) in [5.74, 6) is 0.299. The molecule has 0 saturated carbocycles. The molecule has 0 spiro atoms. The fraction of sp³-hybridized carbons (Fsp3) is 0.375. The van der Waals surface area contributed by atoms with E-state index in [9.17, 15) is 9.90 Å². The average Bonchev–Trinajstić information content (AvgIpc) is 3.20. The number of nitrogens with zero attached hydrogens (tertiary/aromatic N) is 1. The Bertz CT molecular complexity index is 952. The highest BCUT2D eigenvalue weighted by atomic mass is 32.1. The monoisotopic (exact) mass is 425 g/mol. The highest BCUT2D eigenvalue weighted by Gasteiger charge is 2.19. The highest BCUT2D eigenvalue weighted by Crippen LogP contribution is 2.25. The Morgan fingerprint density at radius 2 is 2.00 bits per heavy atom. The Morgan fingerprint density at radius 1 is 1.20 bits per heavy atom. The number of likely N-dealkylation sites (N-methyl/N-ethyl adjacent to an activating group) is 1. The minimum atomic E-state index is -0.0422. The van der Waals surface area contributed by atoms with E-state index >= 15 is 0 Å². The van der Waals surface area contributed by atoms with Crippen LogP contribution in [-0.2, 0) is 19.4 Å². The highest BCUT2D eigenvalue weighted by molar-refractivity contribution is 7.19. The largest absolute Gasteiger partial charge is 0.508 e. The van der Waals surface area contributed by atoms with E-state index in [2.05, 4.69) is 41.0 Å². The van der Waals surface area contributed by atoms with Crippen LogP contribution in [0.15, 0.2) is 48.5 Å². The summed E-state index contributed by atoms with van der Waals surface area (Å²) >= 11 is 1.80. The predicted octanol–water partition coefficient (Wildman–Crippen LogP) is 4.53. The molecule has 0 radical (unpaired) electrons. The molecule has 30 heavy (non-hydrogen) atoms. The van der Waals surface area contributed by atoms with Gasteiger partial charge in [-0.25, -0.2) is 4.79 Å². The Kier molecular flexibility index (Phi) is 7.71. The fourth-order valence-corrected chi connectivity index (χ4v) is 4.65. The number of rotatable bonds is 5. The van der Waals surface area contributed by atoms with Crippen molar-refractivity contribution >= 4 is 27.5 Å². The maximum Gasteiger partial charge on any atom is 0.317 e. The van der Waals surface area contributed by atoms with Crippen LogP contribution in [0.2, 0.25) is 0 Å². The molecule has 2 aromatic carbocycles. The SMILES string of the molecule is CC.CN(CCc1cc2ccccc2s1)C(=O)NC[C@@H]1Cc2ccc(O)cc2CN1. The van der Waals surface area contributed by atoms with Crippen LogP contribution >= 0.6 is 11.3 Å². The van der Waals surface area contributed by atoms with Gasteiger partial charge in [0, 0.05) is 42.3 Å². The summed E-state index contributed by atoms with van der Waals surface area (Å²) < 4.78 is 1.29. The van der Waals surface area contributed by atoms with Crippen molar-refractivity contribution in [2.75, 3.05) is 20.1 Å². The van der Waals surface area contributed by atoms with Crippen molar-refractivity contribution in [3.63, 3.8) is 0 Å². The number of phenols is 1. The number of carbonyl (C=O) groups excluding carboxylic acids is 1. The molecule has 3 N–H and O–H groups in total. The zero-order valence-electron chi connectivity index (χ0n) is 17.9. The summed E-state index contributed by atoms with van der Waals surface area (Å²) in [6, 6.07) is 16.3. The summed E-state index contributed by atoms with van der Waals surface area (Å²) in [5, 5.41) is 17.3. The number of thiophene rings is 1. The lowest BCUT2D eigenvalue weighted by atomic mass is 9.95. The Balaban J connectivity index is 0.00000124. The fourth-order valence-electron chi connectivity index (χ4n) is 3.60. The van der Waals surface area contributed by atoms with E-state index in [1.54, 1.807) is 28.4 Å². The minimum Gasteiger partial charge on any atom is -0.508 e. The van der Waals surface area contributed by atoms with E-state index < -0.39 is 0 Å². The Labute approximate surface area is 182 Å². The molecule has 0 unspecified atom stereocenters. The first kappa shape index (κ1) is 22.1. The van der Waals surface area contributed by atoms with Gasteiger partial charge in [0.1, 0.15) is 5.75 Å². The Morgan fingerprint density at radius 3 is 2.80 bits per heavy atom. The van der Waals surface area contributed by atoms with Crippen molar-refractivity contribution in [3.05, 3.63) is 64.5 Å². The summed E-state index contributed by atoms with van der Waals surface area (Å²) in [4.78, 5) is 15.5. The molecule has 160 valence electrons. The lowest BCUT2D eigenvalue weighted by molar-refractivity contribution is 0.208. The number of urea groups is 1. The smallest absolute Gasteiger partial charge is 0.317 e. The molecular formula is C24H31N3O2S. The third-order valence-electron chi connectivity index (χ3n) is 5.25. The van der Waals surface area contributed by atoms with E-state index in [1.165, 1.54) is 20.5 Å². The zero-order valence-corrected chi connectivity index (χ0v) is 18.8. The number of carbonyl (C=O) groups is 1. The lowest BCUT2D eigenvalue weighted by Gasteiger charge is -2.27. The van der Waals surface area contributed by atoms with Crippen LogP contribution in [0.5, 0.6) is 5.75 Å². The lowest BCUT2D eigenvalue weighted by Crippen LogP contribution is -2.47. The molecule has 5 nitrogen and oxygen atoms in total. The van der Waals surface area contributed by atoms with Crippen LogP contribution in [0.25, 0.3) is 10.1 Å². The molecule has 4 rings (SSSR count). The van der Waals surface area contributed by atoms with Crippen LogP contribution in [0.4, 0.5) is 4.79 Å². The molecule has 0 bridgehead atoms. The molecule has 2 heterocycles. The van der Waals surface area contributed by atoms with Gasteiger partial charge in [-0.1, -0.05) is 38.1 Å². The van der Waals surface area contributed by atoms with Gasteiger partial charge in [-0.3, -0.25) is 0 Å². The van der Waals surface area contributed by atoms with Crippen molar-refractivity contribution in [1.29, 1.82) is 0 Å². The van der Waals surface area contributed by atoms with Crippen LogP contribution in [-0.4, -0.2) is 42.2 Å². The number of nitrogens with one attached hydrogen (secondary N) is 2. The van der Waals surface area contributed by atoms with E-state index in [4.69, 9.17) is 0 Å². The molecule has 1 aromatic heterocycles. The summed E-state index contributed by atoms with van der Waals surface area (Å²) in [6.07, 6.45) is 1.71. The number of amides is 2. The second kappa shape index (κ2) is 10.5. The third kappa shape index (κ3) is 5.52. The molecule has 0 fully saturated rings. The van der Waals surface area contributed by atoms with E-state index in [0.29, 0.717) is 25.4 Å². The van der Waals surface area contributed by atoms with Crippen molar-refractivity contribution in [2.24, 2.45) is 0 Å². The minimum absolute atomic E-state index is 0.0422. The molecule has 1 aliphatic heterocycles. The number of hydrogen-bond donors (Lipinski definition) is 3. The van der Waals surface area contributed by atoms with Gasteiger partial charge in [-0.2, -0.15) is 0 Å². The van der Waals surface area contributed by atoms with Gasteiger partial charge in [-0.15, -0.1) is 11.3 Å².